The molecule has 5 heteroatoms. The monoisotopic (exact) mass is 402 g/mol. The maximum absolute atomic E-state index is 13.0. The first kappa shape index (κ1) is 20.0. The van der Waals surface area contributed by atoms with Gasteiger partial charge >= 0.3 is 0 Å². The van der Waals surface area contributed by atoms with Gasteiger partial charge in [0.05, 0.1) is 11.7 Å². The average molecular weight is 402 g/mol. The summed E-state index contributed by atoms with van der Waals surface area (Å²) in [5.74, 6) is -0.274. The third-order valence-corrected chi connectivity index (χ3v) is 5.70. The Bertz CT molecular complexity index is 1070. The van der Waals surface area contributed by atoms with E-state index in [0.29, 0.717) is 24.2 Å². The van der Waals surface area contributed by atoms with E-state index in [4.69, 9.17) is 10.5 Å². The van der Waals surface area contributed by atoms with Gasteiger partial charge < -0.3 is 15.8 Å². The normalized spacial score (nSPS) is 15.4. The minimum atomic E-state index is -0.918. The number of ether oxygens (including phenoxy) is 1. The van der Waals surface area contributed by atoms with Crippen molar-refractivity contribution in [3.63, 3.8) is 0 Å². The van der Waals surface area contributed by atoms with Crippen LogP contribution in [0.15, 0.2) is 66.7 Å². The molecule has 1 aliphatic carbocycles. The number of nitrogens with one attached hydrogen (secondary N) is 1. The Labute approximate surface area is 176 Å². The topological polar surface area (TPSA) is 81.4 Å². The fraction of sp³-hybridized carbons (Fsp3) is 0.280. The lowest BCUT2D eigenvalue weighted by molar-refractivity contribution is -0.120. The number of hydrogen-bond acceptors (Lipinski definition) is 3. The van der Waals surface area contributed by atoms with Crippen LogP contribution < -0.4 is 15.8 Å². The predicted octanol–water partition coefficient (Wildman–Crippen LogP) is 3.99. The summed E-state index contributed by atoms with van der Waals surface area (Å²) in [6, 6.07) is 21.7. The third-order valence-electron chi connectivity index (χ3n) is 5.70. The molecular formula is C25H26N2O3. The Hall–Kier alpha value is -3.34. The standard InChI is InChI=1S/C25H26N2O3/c1-17(11-12-18-7-3-2-4-8-18)30-22-20-10-6-5-9-19(20)13-14-21(22)23(28)27-25(15-16-25)24(26)29/h2-10,13-14,17H,11-12,15-16H2,1H3,(H2,26,29)(H,27,28). The fourth-order valence-corrected chi connectivity index (χ4v) is 3.67. The number of benzene rings is 3. The summed E-state index contributed by atoms with van der Waals surface area (Å²) in [6.07, 6.45) is 2.77. The molecule has 154 valence electrons. The minimum absolute atomic E-state index is 0.0893. The second kappa shape index (κ2) is 8.19. The van der Waals surface area contributed by atoms with Gasteiger partial charge in [0.2, 0.25) is 5.91 Å². The highest BCUT2D eigenvalue weighted by molar-refractivity contribution is 6.06. The lowest BCUT2D eigenvalue weighted by Crippen LogP contribution is -2.46. The van der Waals surface area contributed by atoms with Crippen molar-refractivity contribution in [3.05, 3.63) is 77.9 Å². The smallest absolute Gasteiger partial charge is 0.255 e. The van der Waals surface area contributed by atoms with Gasteiger partial charge in [-0.15, -0.1) is 0 Å². The summed E-state index contributed by atoms with van der Waals surface area (Å²) in [6.45, 7) is 2.01. The largest absolute Gasteiger partial charge is 0.489 e. The molecule has 0 spiro atoms. The summed E-state index contributed by atoms with van der Waals surface area (Å²) < 4.78 is 6.32. The summed E-state index contributed by atoms with van der Waals surface area (Å²) in [7, 11) is 0. The van der Waals surface area contributed by atoms with Crippen LogP contribution in [0.5, 0.6) is 5.75 Å². The highest BCUT2D eigenvalue weighted by Crippen LogP contribution is 2.37. The van der Waals surface area contributed by atoms with Gasteiger partial charge in [-0.3, -0.25) is 9.59 Å². The molecule has 0 aliphatic heterocycles. The number of primary amides is 1. The molecule has 1 fully saturated rings. The summed E-state index contributed by atoms with van der Waals surface area (Å²) in [5.41, 5.74) is 6.24. The quantitative estimate of drug-likeness (QED) is 0.598. The summed E-state index contributed by atoms with van der Waals surface area (Å²) >= 11 is 0. The molecule has 0 aromatic heterocycles. The molecule has 3 N–H and O–H groups in total. The van der Waals surface area contributed by atoms with Gasteiger partial charge in [0.25, 0.3) is 5.91 Å². The fourth-order valence-electron chi connectivity index (χ4n) is 3.67. The lowest BCUT2D eigenvalue weighted by atomic mass is 10.0. The van der Waals surface area contributed by atoms with Gasteiger partial charge in [0.15, 0.2) is 0 Å². The molecule has 1 saturated carbocycles. The zero-order valence-corrected chi connectivity index (χ0v) is 17.1. The number of amides is 2. The van der Waals surface area contributed by atoms with Crippen molar-refractivity contribution >= 4 is 22.6 Å². The van der Waals surface area contributed by atoms with Crippen LogP contribution in [0.2, 0.25) is 0 Å². The van der Waals surface area contributed by atoms with Crippen LogP contribution in [0.3, 0.4) is 0 Å². The van der Waals surface area contributed by atoms with E-state index in [0.717, 1.165) is 23.6 Å². The molecule has 0 saturated heterocycles. The van der Waals surface area contributed by atoms with E-state index in [1.54, 1.807) is 6.07 Å². The Morgan fingerprint density at radius 2 is 1.73 bits per heavy atom. The maximum Gasteiger partial charge on any atom is 0.255 e. The van der Waals surface area contributed by atoms with Crippen molar-refractivity contribution in [2.24, 2.45) is 5.73 Å². The van der Waals surface area contributed by atoms with Gasteiger partial charge in [0.1, 0.15) is 11.3 Å². The SMILES string of the molecule is CC(CCc1ccccc1)Oc1c(C(=O)NC2(C(N)=O)CC2)ccc2ccccc12. The second-order valence-corrected chi connectivity index (χ2v) is 8.02. The Morgan fingerprint density at radius 3 is 2.43 bits per heavy atom. The van der Waals surface area contributed by atoms with Gasteiger partial charge in [-0.2, -0.15) is 0 Å². The number of rotatable bonds is 8. The van der Waals surface area contributed by atoms with Crippen molar-refractivity contribution in [2.75, 3.05) is 0 Å². The Morgan fingerprint density at radius 1 is 1.03 bits per heavy atom. The molecule has 3 aromatic rings. The van der Waals surface area contributed by atoms with E-state index >= 15 is 0 Å². The Balaban J connectivity index is 1.59. The molecule has 5 nitrogen and oxygen atoms in total. The lowest BCUT2D eigenvalue weighted by Gasteiger charge is -2.21. The zero-order chi connectivity index (χ0) is 21.1. The summed E-state index contributed by atoms with van der Waals surface area (Å²) in [5, 5.41) is 4.70. The first-order valence-corrected chi connectivity index (χ1v) is 10.3. The van der Waals surface area contributed by atoms with Crippen LogP contribution in [0, 0.1) is 0 Å². The van der Waals surface area contributed by atoms with E-state index in [1.807, 2.05) is 55.5 Å². The molecule has 1 unspecified atom stereocenters. The molecule has 2 amide bonds. The molecule has 0 radical (unpaired) electrons. The van der Waals surface area contributed by atoms with E-state index in [1.165, 1.54) is 5.56 Å². The van der Waals surface area contributed by atoms with Crippen LogP contribution in [-0.2, 0) is 11.2 Å². The van der Waals surface area contributed by atoms with Crippen molar-refractivity contribution in [1.29, 1.82) is 0 Å². The van der Waals surface area contributed by atoms with E-state index in [9.17, 15) is 9.59 Å². The van der Waals surface area contributed by atoms with Crippen LogP contribution >= 0.6 is 0 Å². The highest BCUT2D eigenvalue weighted by Gasteiger charge is 2.50. The predicted molar refractivity (Wildman–Crippen MR) is 117 cm³/mol. The number of fused-ring (bicyclic) bond motifs is 1. The third kappa shape index (κ3) is 4.15. The summed E-state index contributed by atoms with van der Waals surface area (Å²) in [4.78, 5) is 24.8. The van der Waals surface area contributed by atoms with E-state index in [-0.39, 0.29) is 12.0 Å². The maximum atomic E-state index is 13.0. The number of carbonyl (C=O) groups is 2. The molecular weight excluding hydrogens is 376 g/mol. The van der Waals surface area contributed by atoms with E-state index in [2.05, 4.69) is 17.4 Å². The zero-order valence-electron chi connectivity index (χ0n) is 17.1. The first-order chi connectivity index (χ1) is 14.5. The van der Waals surface area contributed by atoms with Gasteiger partial charge in [0, 0.05) is 5.39 Å². The molecule has 0 bridgehead atoms. The van der Waals surface area contributed by atoms with Crippen LogP contribution in [-0.4, -0.2) is 23.5 Å². The molecule has 1 atom stereocenters. The van der Waals surface area contributed by atoms with E-state index < -0.39 is 11.4 Å². The first-order valence-electron chi connectivity index (χ1n) is 10.3. The van der Waals surface area contributed by atoms with Crippen molar-refractivity contribution in [3.8, 4) is 5.75 Å². The van der Waals surface area contributed by atoms with Crippen LogP contribution in [0.1, 0.15) is 42.1 Å². The molecule has 4 rings (SSSR count). The van der Waals surface area contributed by atoms with Crippen molar-refractivity contribution in [2.45, 2.75) is 44.2 Å². The Kier molecular flexibility index (Phi) is 5.44. The van der Waals surface area contributed by atoms with Crippen LogP contribution in [0.4, 0.5) is 0 Å². The van der Waals surface area contributed by atoms with Crippen molar-refractivity contribution < 1.29 is 14.3 Å². The van der Waals surface area contributed by atoms with Gasteiger partial charge in [-0.25, -0.2) is 0 Å². The minimum Gasteiger partial charge on any atom is -0.489 e. The molecule has 1 aliphatic rings. The average Bonchev–Trinajstić information content (AvgIpc) is 3.54. The molecule has 3 aromatic carbocycles. The van der Waals surface area contributed by atoms with Crippen LogP contribution in [0.25, 0.3) is 10.8 Å². The van der Waals surface area contributed by atoms with Gasteiger partial charge in [-0.1, -0.05) is 60.7 Å². The molecule has 0 heterocycles. The number of carbonyl (C=O) groups excluding carboxylic acids is 2. The highest BCUT2D eigenvalue weighted by atomic mass is 16.5. The van der Waals surface area contributed by atoms with Gasteiger partial charge in [-0.05, 0) is 49.6 Å². The second-order valence-electron chi connectivity index (χ2n) is 8.02. The van der Waals surface area contributed by atoms with Crippen molar-refractivity contribution in [1.82, 2.24) is 5.32 Å². The molecule has 30 heavy (non-hydrogen) atoms. The number of aryl methyl sites for hydroxylation is 1. The number of hydrogen-bond donors (Lipinski definition) is 2. The number of nitrogens with two attached hydrogens (primary N) is 1.